The Morgan fingerprint density at radius 2 is 1.62 bits per heavy atom. The lowest BCUT2D eigenvalue weighted by Gasteiger charge is -2.17. The molecule has 0 fully saturated rings. The summed E-state index contributed by atoms with van der Waals surface area (Å²) < 4.78 is 47.0. The van der Waals surface area contributed by atoms with Gasteiger partial charge >= 0.3 is 16.4 Å². The van der Waals surface area contributed by atoms with Crippen molar-refractivity contribution in [2.24, 2.45) is 5.92 Å². The molecule has 3 unspecified atom stereocenters. The number of amides is 1. The molecule has 0 aromatic heterocycles. The van der Waals surface area contributed by atoms with Gasteiger partial charge in [-0.1, -0.05) is 20.3 Å². The average Bonchev–Trinajstić information content (AvgIpc) is 2.82. The number of rotatable bonds is 23. The maximum Gasteiger partial charge on any atom is 0.472 e. The van der Waals surface area contributed by atoms with Crippen molar-refractivity contribution in [3.63, 3.8) is 0 Å². The third kappa shape index (κ3) is 24.8. The minimum absolute atomic E-state index is 0.0804. The van der Waals surface area contributed by atoms with Crippen LogP contribution in [-0.4, -0.2) is 89.5 Å². The maximum absolute atomic E-state index is 11.9. The topological polar surface area (TPSA) is 160 Å². The van der Waals surface area contributed by atoms with Crippen LogP contribution < -0.4 is 5.32 Å². The number of unbranched alkanes of at least 4 members (excludes halogenated alkanes) is 1. The largest absolute Gasteiger partial charge is 0.472 e. The van der Waals surface area contributed by atoms with Crippen molar-refractivity contribution < 1.29 is 56.5 Å². The summed E-state index contributed by atoms with van der Waals surface area (Å²) in [4.78, 5) is 24.9. The molecule has 0 radical (unpaired) electrons. The van der Waals surface area contributed by atoms with E-state index in [9.17, 15) is 19.4 Å². The Hall–Kier alpha value is -0.270. The molecule has 0 spiro atoms. The SMILES string of the molecule is CC.COOP(OC)OCCOCCOCCOP(=O)(O)OCC(CO)CCCCNC(C)=O. The van der Waals surface area contributed by atoms with Gasteiger partial charge in [0, 0.05) is 33.1 Å². The molecule has 0 bridgehead atoms. The second-order valence-electron chi connectivity index (χ2n) is 6.33. The van der Waals surface area contributed by atoms with Crippen molar-refractivity contribution in [3.8, 4) is 0 Å². The highest BCUT2D eigenvalue weighted by atomic mass is 31.2. The number of aliphatic hydroxyl groups is 1. The number of phosphoric ester groups is 1. The zero-order valence-corrected chi connectivity index (χ0v) is 22.7. The molecule has 0 aliphatic rings. The molecule has 13 nitrogen and oxygen atoms in total. The Morgan fingerprint density at radius 3 is 2.18 bits per heavy atom. The summed E-state index contributed by atoms with van der Waals surface area (Å²) in [5.41, 5.74) is 0. The first-order valence-corrected chi connectivity index (χ1v) is 13.7. The Labute approximate surface area is 204 Å². The monoisotopic (exact) mass is 539 g/mol. The van der Waals surface area contributed by atoms with Crippen LogP contribution in [0.25, 0.3) is 0 Å². The molecule has 15 heteroatoms. The van der Waals surface area contributed by atoms with E-state index in [0.717, 1.165) is 12.8 Å². The first kappa shape index (κ1) is 35.9. The smallest absolute Gasteiger partial charge is 0.396 e. The highest BCUT2D eigenvalue weighted by molar-refractivity contribution is 7.47. The van der Waals surface area contributed by atoms with Gasteiger partial charge in [-0.25, -0.2) is 9.45 Å². The van der Waals surface area contributed by atoms with Gasteiger partial charge in [0.15, 0.2) is 0 Å². The van der Waals surface area contributed by atoms with Gasteiger partial charge in [0.05, 0.1) is 53.4 Å². The fourth-order valence-corrected chi connectivity index (χ4v) is 3.49. The van der Waals surface area contributed by atoms with Crippen molar-refractivity contribution in [2.45, 2.75) is 40.0 Å². The normalized spacial score (nSPS) is 14.6. The Kier molecular flexibility index (Phi) is 27.2. The molecule has 1 amide bonds. The van der Waals surface area contributed by atoms with Crippen molar-refractivity contribution in [3.05, 3.63) is 0 Å². The third-order valence-corrected chi connectivity index (χ3v) is 5.65. The van der Waals surface area contributed by atoms with Crippen LogP contribution in [0.2, 0.25) is 0 Å². The molecule has 0 aromatic rings. The average molecular weight is 539 g/mol. The first-order chi connectivity index (χ1) is 16.3. The maximum atomic E-state index is 11.9. The predicted molar refractivity (Wildman–Crippen MR) is 126 cm³/mol. The van der Waals surface area contributed by atoms with Crippen LogP contribution >= 0.6 is 16.4 Å². The van der Waals surface area contributed by atoms with Crippen molar-refractivity contribution >= 4 is 22.3 Å². The molecule has 206 valence electrons. The summed E-state index contributed by atoms with van der Waals surface area (Å²) in [5.74, 6) is -0.391. The third-order valence-electron chi connectivity index (χ3n) is 3.71. The van der Waals surface area contributed by atoms with Crippen molar-refractivity contribution in [2.75, 3.05) is 73.6 Å². The number of carbonyl (C=O) groups is 1. The van der Waals surface area contributed by atoms with Crippen LogP contribution in [0, 0.1) is 5.92 Å². The summed E-state index contributed by atoms with van der Waals surface area (Å²) in [6, 6.07) is 0. The zero-order valence-electron chi connectivity index (χ0n) is 20.9. The zero-order chi connectivity index (χ0) is 26.1. The van der Waals surface area contributed by atoms with Crippen LogP contribution in [0.5, 0.6) is 0 Å². The lowest BCUT2D eigenvalue weighted by Crippen LogP contribution is -2.21. The standard InChI is InChI=1S/C17H37NO12P2.C2H6/c1-16(20)18-7-5-4-6-17(14-19)15-29-32(21,22)28-13-11-26-9-8-25-10-12-27-31(24-3)30-23-2;1-2/h17,19H,4-15H2,1-3H3,(H,18,20)(H,21,22);1-2H3. The van der Waals surface area contributed by atoms with Gasteiger partial charge in [-0.15, -0.1) is 0 Å². The van der Waals surface area contributed by atoms with Crippen LogP contribution in [0.15, 0.2) is 0 Å². The fraction of sp³-hybridized carbons (Fsp3) is 0.947. The molecule has 3 N–H and O–H groups in total. The number of carbonyl (C=O) groups excluding carboxylic acids is 1. The van der Waals surface area contributed by atoms with E-state index in [-0.39, 0.29) is 51.5 Å². The molecule has 0 aromatic carbocycles. The first-order valence-electron chi connectivity index (χ1n) is 11.1. The minimum atomic E-state index is -4.23. The number of aliphatic hydroxyl groups excluding tert-OH is 1. The molecule has 0 saturated carbocycles. The quantitative estimate of drug-likeness (QED) is 0.0755. The van der Waals surface area contributed by atoms with E-state index >= 15 is 0 Å². The summed E-state index contributed by atoms with van der Waals surface area (Å²) in [6.45, 7) is 6.76. The van der Waals surface area contributed by atoms with Crippen molar-refractivity contribution in [1.29, 1.82) is 0 Å². The van der Waals surface area contributed by atoms with E-state index in [4.69, 9.17) is 32.2 Å². The van der Waals surface area contributed by atoms with E-state index in [2.05, 4.69) is 10.2 Å². The lowest BCUT2D eigenvalue weighted by atomic mass is 10.0. The molecule has 34 heavy (non-hydrogen) atoms. The fourth-order valence-electron chi connectivity index (χ4n) is 2.16. The van der Waals surface area contributed by atoms with Gasteiger partial charge in [-0.05, 0) is 12.8 Å². The number of hydrogen-bond acceptors (Lipinski definition) is 11. The van der Waals surface area contributed by atoms with E-state index in [1.54, 1.807) is 0 Å². The number of phosphoric acid groups is 1. The van der Waals surface area contributed by atoms with Crippen LogP contribution in [-0.2, 0) is 46.5 Å². The molecular formula is C19H43NO12P2. The Morgan fingerprint density at radius 1 is 1.00 bits per heavy atom. The van der Waals surface area contributed by atoms with E-state index in [1.807, 2.05) is 13.8 Å². The summed E-state index contributed by atoms with van der Waals surface area (Å²) in [5, 5.41) is 12.0. The van der Waals surface area contributed by atoms with E-state index in [0.29, 0.717) is 26.2 Å². The highest BCUT2D eigenvalue weighted by Crippen LogP contribution is 2.43. The number of hydrogen-bond donors (Lipinski definition) is 3. The second kappa shape index (κ2) is 25.8. The molecule has 0 heterocycles. The van der Waals surface area contributed by atoms with E-state index < -0.39 is 16.4 Å². The Balaban J connectivity index is 0. The second-order valence-corrected chi connectivity index (χ2v) is 9.00. The summed E-state index contributed by atoms with van der Waals surface area (Å²) >= 11 is 0. The molecule has 0 saturated heterocycles. The van der Waals surface area contributed by atoms with Gasteiger partial charge < -0.3 is 33.8 Å². The molecule has 0 rings (SSSR count). The highest BCUT2D eigenvalue weighted by Gasteiger charge is 2.23. The lowest BCUT2D eigenvalue weighted by molar-refractivity contribution is -0.189. The van der Waals surface area contributed by atoms with Gasteiger partial charge in [-0.2, -0.15) is 4.67 Å². The number of nitrogens with one attached hydrogen (secondary N) is 1. The van der Waals surface area contributed by atoms with Gasteiger partial charge in [-0.3, -0.25) is 13.8 Å². The molecular weight excluding hydrogens is 496 g/mol. The van der Waals surface area contributed by atoms with Gasteiger partial charge in [0.1, 0.15) is 0 Å². The van der Waals surface area contributed by atoms with Crippen molar-refractivity contribution in [1.82, 2.24) is 5.32 Å². The van der Waals surface area contributed by atoms with Gasteiger partial charge in [0.2, 0.25) is 5.91 Å². The molecule has 0 aliphatic heterocycles. The van der Waals surface area contributed by atoms with Crippen LogP contribution in [0.3, 0.4) is 0 Å². The van der Waals surface area contributed by atoms with Gasteiger partial charge in [0.25, 0.3) is 0 Å². The predicted octanol–water partition coefficient (Wildman–Crippen LogP) is 2.56. The number of ether oxygens (including phenoxy) is 2. The Bertz CT molecular complexity index is 504. The molecule has 3 atom stereocenters. The molecule has 0 aliphatic carbocycles. The summed E-state index contributed by atoms with van der Waals surface area (Å²) in [7, 11) is -3.01. The minimum Gasteiger partial charge on any atom is -0.396 e. The van der Waals surface area contributed by atoms with Crippen LogP contribution in [0.1, 0.15) is 40.0 Å². The summed E-state index contributed by atoms with van der Waals surface area (Å²) in [6.07, 6.45) is 2.08. The van der Waals surface area contributed by atoms with Crippen LogP contribution in [0.4, 0.5) is 0 Å². The van der Waals surface area contributed by atoms with E-state index in [1.165, 1.54) is 21.1 Å².